The summed E-state index contributed by atoms with van der Waals surface area (Å²) in [5, 5.41) is 2.73. The summed E-state index contributed by atoms with van der Waals surface area (Å²) >= 11 is 0. The molecule has 2 aromatic rings. The molecule has 1 aromatic heterocycles. The summed E-state index contributed by atoms with van der Waals surface area (Å²) in [5.41, 5.74) is 2.54. The van der Waals surface area contributed by atoms with Crippen LogP contribution in [0.1, 0.15) is 12.8 Å². The number of hydrogen-bond donors (Lipinski definition) is 1. The Morgan fingerprint density at radius 1 is 1.59 bits per heavy atom. The van der Waals surface area contributed by atoms with Crippen molar-refractivity contribution in [2.24, 2.45) is 0 Å². The Labute approximate surface area is 99.5 Å². The van der Waals surface area contributed by atoms with Gasteiger partial charge in [0.05, 0.1) is 6.92 Å². The number of aromatic nitrogens is 1. The third-order valence-corrected chi connectivity index (χ3v) is 2.66. The Kier molecular flexibility index (Phi) is 2.95. The third-order valence-electron chi connectivity index (χ3n) is 2.66. The van der Waals surface area contributed by atoms with Crippen LogP contribution in [0.15, 0.2) is 35.3 Å². The van der Waals surface area contributed by atoms with E-state index in [1.54, 1.807) is 0 Å². The molecule has 0 saturated carbocycles. The molecule has 0 unspecified atom stereocenters. The first-order valence-corrected chi connectivity index (χ1v) is 5.52. The van der Waals surface area contributed by atoms with Crippen LogP contribution in [0.4, 0.5) is 5.69 Å². The summed E-state index contributed by atoms with van der Waals surface area (Å²) in [6.07, 6.45) is 1.25. The molecule has 1 N–H and O–H groups in total. The van der Waals surface area contributed by atoms with Gasteiger partial charge in [0, 0.05) is 11.8 Å². The van der Waals surface area contributed by atoms with E-state index in [2.05, 4.69) is 23.4 Å². The summed E-state index contributed by atoms with van der Waals surface area (Å²) in [6, 6.07) is 5.57. The highest BCUT2D eigenvalue weighted by Gasteiger charge is 2.17. The fourth-order valence-electron chi connectivity index (χ4n) is 1.86. The quantitative estimate of drug-likeness (QED) is 0.650. The lowest BCUT2D eigenvalue weighted by Gasteiger charge is -1.99. The number of anilines is 1. The van der Waals surface area contributed by atoms with Gasteiger partial charge in [0.1, 0.15) is 6.54 Å². The number of oxazole rings is 1. The molecule has 88 valence electrons. The molecule has 0 aliphatic carbocycles. The molecule has 0 radical (unpaired) electrons. The van der Waals surface area contributed by atoms with Gasteiger partial charge in [-0.1, -0.05) is 6.58 Å². The number of fused-ring (bicyclic) bond motifs is 1. The first-order chi connectivity index (χ1) is 8.15. The second-order valence-corrected chi connectivity index (χ2v) is 3.74. The van der Waals surface area contributed by atoms with Gasteiger partial charge in [-0.25, -0.2) is 0 Å². The van der Waals surface area contributed by atoms with Crippen LogP contribution in [0.2, 0.25) is 0 Å². The van der Waals surface area contributed by atoms with E-state index >= 15 is 0 Å². The van der Waals surface area contributed by atoms with Crippen molar-refractivity contribution in [1.29, 1.82) is 0 Å². The minimum atomic E-state index is -0.215. The molecule has 0 aliphatic heterocycles. The van der Waals surface area contributed by atoms with Gasteiger partial charge in [-0.3, -0.25) is 4.79 Å². The summed E-state index contributed by atoms with van der Waals surface area (Å²) < 4.78 is 7.66. The van der Waals surface area contributed by atoms with Crippen LogP contribution in [0.3, 0.4) is 0 Å². The van der Waals surface area contributed by atoms with Crippen molar-refractivity contribution in [3.63, 3.8) is 0 Å². The Bertz CT molecular complexity index is 584. The fraction of sp³-hybridized carbons (Fsp3) is 0.231. The number of rotatable bonds is 3. The first-order valence-electron chi connectivity index (χ1n) is 5.52. The predicted octanol–water partition coefficient (Wildman–Crippen LogP) is 2.17. The highest BCUT2D eigenvalue weighted by Crippen LogP contribution is 2.18. The molecule has 0 fully saturated rings. The minimum absolute atomic E-state index is 0.215. The zero-order valence-electron chi connectivity index (χ0n) is 9.99. The highest BCUT2D eigenvalue weighted by atomic mass is 16.3. The summed E-state index contributed by atoms with van der Waals surface area (Å²) in [7, 11) is 0. The molecule has 4 nitrogen and oxygen atoms in total. The van der Waals surface area contributed by atoms with Gasteiger partial charge in [-0.2, -0.15) is 4.57 Å². The summed E-state index contributed by atoms with van der Waals surface area (Å²) in [6.45, 7) is 8.23. The molecule has 4 heteroatoms. The number of carbonyl (C=O) groups is 1. The molecule has 0 saturated heterocycles. The zero-order valence-corrected chi connectivity index (χ0v) is 9.99. The van der Waals surface area contributed by atoms with E-state index in [1.807, 2.05) is 25.1 Å². The van der Waals surface area contributed by atoms with Gasteiger partial charge in [-0.15, -0.1) is 0 Å². The maximum Gasteiger partial charge on any atom is 0.344 e. The van der Waals surface area contributed by atoms with Crippen molar-refractivity contribution >= 4 is 22.7 Å². The van der Waals surface area contributed by atoms with Crippen LogP contribution in [0.5, 0.6) is 0 Å². The summed E-state index contributed by atoms with van der Waals surface area (Å²) in [4.78, 5) is 11.2. The van der Waals surface area contributed by atoms with Gasteiger partial charge in [0.2, 0.25) is 11.5 Å². The maximum absolute atomic E-state index is 11.2. The molecule has 0 atom stereocenters. The minimum Gasteiger partial charge on any atom is -0.402 e. The Hall–Kier alpha value is -2.10. The SMILES string of the molecule is C=CC(=O)Nc1ccc2oc(C)[n+](CC)c2c1. The van der Waals surface area contributed by atoms with Gasteiger partial charge in [-0.05, 0) is 25.1 Å². The van der Waals surface area contributed by atoms with E-state index in [4.69, 9.17) is 4.42 Å². The second-order valence-electron chi connectivity index (χ2n) is 3.74. The van der Waals surface area contributed by atoms with Crippen LogP contribution in [-0.2, 0) is 11.3 Å². The van der Waals surface area contributed by atoms with E-state index in [0.29, 0.717) is 0 Å². The molecule has 0 bridgehead atoms. The number of hydrogen-bond acceptors (Lipinski definition) is 2. The molecule has 0 spiro atoms. The number of nitrogens with zero attached hydrogens (tertiary/aromatic N) is 1. The van der Waals surface area contributed by atoms with E-state index in [-0.39, 0.29) is 5.91 Å². The van der Waals surface area contributed by atoms with Crippen molar-refractivity contribution < 1.29 is 13.8 Å². The maximum atomic E-state index is 11.2. The monoisotopic (exact) mass is 231 g/mol. The predicted molar refractivity (Wildman–Crippen MR) is 65.6 cm³/mol. The van der Waals surface area contributed by atoms with Crippen molar-refractivity contribution in [3.8, 4) is 0 Å². The average Bonchev–Trinajstić information content (AvgIpc) is 2.63. The highest BCUT2D eigenvalue weighted by molar-refractivity contribution is 5.99. The van der Waals surface area contributed by atoms with Crippen LogP contribution in [-0.4, -0.2) is 5.91 Å². The Morgan fingerprint density at radius 3 is 3.00 bits per heavy atom. The smallest absolute Gasteiger partial charge is 0.344 e. The number of nitrogens with one attached hydrogen (secondary N) is 1. The summed E-state index contributed by atoms with van der Waals surface area (Å²) in [5.74, 6) is 0.641. The molecule has 1 amide bonds. The van der Waals surface area contributed by atoms with Crippen molar-refractivity contribution in [1.82, 2.24) is 0 Å². The van der Waals surface area contributed by atoms with Crippen molar-refractivity contribution in [2.75, 3.05) is 5.32 Å². The lowest BCUT2D eigenvalue weighted by molar-refractivity contribution is -0.679. The Morgan fingerprint density at radius 2 is 2.35 bits per heavy atom. The lowest BCUT2D eigenvalue weighted by atomic mass is 10.2. The van der Waals surface area contributed by atoms with Crippen LogP contribution >= 0.6 is 0 Å². The van der Waals surface area contributed by atoms with E-state index in [0.717, 1.165) is 29.2 Å². The fourth-order valence-corrected chi connectivity index (χ4v) is 1.86. The van der Waals surface area contributed by atoms with Gasteiger partial charge in [0.15, 0.2) is 0 Å². The van der Waals surface area contributed by atoms with Crippen LogP contribution in [0.25, 0.3) is 11.1 Å². The number of aryl methyl sites for hydroxylation is 2. The number of carbonyl (C=O) groups excluding carboxylic acids is 1. The van der Waals surface area contributed by atoms with Crippen molar-refractivity contribution in [2.45, 2.75) is 20.4 Å². The first kappa shape index (κ1) is 11.4. The molecule has 1 heterocycles. The standard InChI is InChI=1S/C13H14N2O2/c1-4-13(16)14-10-6-7-12-11(8-10)15(5-2)9(3)17-12/h4,6-8H,1,5H2,2-3H3/p+1. The number of amides is 1. The van der Waals surface area contributed by atoms with Crippen LogP contribution < -0.4 is 9.88 Å². The molecular formula is C13H15N2O2+. The second kappa shape index (κ2) is 4.41. The lowest BCUT2D eigenvalue weighted by Crippen LogP contribution is -2.33. The zero-order chi connectivity index (χ0) is 12.4. The molecule has 1 aromatic carbocycles. The van der Waals surface area contributed by atoms with Crippen molar-refractivity contribution in [3.05, 3.63) is 36.7 Å². The van der Waals surface area contributed by atoms with E-state index in [9.17, 15) is 4.79 Å². The normalized spacial score (nSPS) is 10.5. The van der Waals surface area contributed by atoms with E-state index in [1.165, 1.54) is 6.08 Å². The molecule has 2 rings (SSSR count). The van der Waals surface area contributed by atoms with E-state index < -0.39 is 0 Å². The molecular weight excluding hydrogens is 216 g/mol. The topological polar surface area (TPSA) is 46.1 Å². The van der Waals surface area contributed by atoms with Gasteiger partial charge >= 0.3 is 5.89 Å². The van der Waals surface area contributed by atoms with Crippen LogP contribution in [0, 0.1) is 6.92 Å². The third kappa shape index (κ3) is 2.06. The number of benzene rings is 1. The molecule has 17 heavy (non-hydrogen) atoms. The average molecular weight is 231 g/mol. The van der Waals surface area contributed by atoms with Gasteiger partial charge < -0.3 is 9.73 Å². The van der Waals surface area contributed by atoms with Gasteiger partial charge in [0.25, 0.3) is 5.52 Å². The largest absolute Gasteiger partial charge is 0.402 e. The Balaban J connectivity index is 2.48. The molecule has 0 aliphatic rings.